The number of hydrogen-bond donors (Lipinski definition) is 1. The average molecular weight is 272 g/mol. The molecule has 3 heteroatoms. The summed E-state index contributed by atoms with van der Waals surface area (Å²) in [5.74, 6) is 0.566. The molecular formula is C17H24N2O. The Morgan fingerprint density at radius 2 is 2.15 bits per heavy atom. The van der Waals surface area contributed by atoms with Crippen LogP contribution >= 0.6 is 0 Å². The molecule has 108 valence electrons. The lowest BCUT2D eigenvalue weighted by atomic mass is 9.95. The summed E-state index contributed by atoms with van der Waals surface area (Å²) in [6.07, 6.45) is 7.63. The van der Waals surface area contributed by atoms with Gasteiger partial charge in [-0.05, 0) is 37.3 Å². The molecule has 0 aliphatic carbocycles. The van der Waals surface area contributed by atoms with Crippen LogP contribution in [0.15, 0.2) is 47.6 Å². The van der Waals surface area contributed by atoms with Crippen molar-refractivity contribution in [3.05, 3.63) is 48.0 Å². The van der Waals surface area contributed by atoms with Crippen LogP contribution < -0.4 is 0 Å². The zero-order chi connectivity index (χ0) is 14.2. The van der Waals surface area contributed by atoms with Gasteiger partial charge < -0.3 is 5.21 Å². The first-order valence-corrected chi connectivity index (χ1v) is 7.49. The summed E-state index contributed by atoms with van der Waals surface area (Å²) in [5, 5.41) is 12.7. The summed E-state index contributed by atoms with van der Waals surface area (Å²) < 4.78 is 0. The molecule has 0 saturated heterocycles. The predicted octanol–water partition coefficient (Wildman–Crippen LogP) is 3.54. The fourth-order valence-corrected chi connectivity index (χ4v) is 2.76. The van der Waals surface area contributed by atoms with Crippen molar-refractivity contribution in [1.82, 2.24) is 4.90 Å². The Morgan fingerprint density at radius 3 is 2.85 bits per heavy atom. The first-order valence-electron chi connectivity index (χ1n) is 7.49. The van der Waals surface area contributed by atoms with Gasteiger partial charge in [0.2, 0.25) is 0 Å². The Bertz CT molecular complexity index is 453. The van der Waals surface area contributed by atoms with Gasteiger partial charge in [0.1, 0.15) is 0 Å². The SMILES string of the molecule is CCCN1CC=CC(CCC(=NO)c2ccccc2)C1. The summed E-state index contributed by atoms with van der Waals surface area (Å²) in [5.41, 5.74) is 1.80. The molecular weight excluding hydrogens is 248 g/mol. The Balaban J connectivity index is 1.88. The van der Waals surface area contributed by atoms with E-state index in [1.807, 2.05) is 30.3 Å². The first-order chi connectivity index (χ1) is 9.83. The molecule has 1 heterocycles. The van der Waals surface area contributed by atoms with Crippen molar-refractivity contribution < 1.29 is 5.21 Å². The third-order valence-corrected chi connectivity index (χ3v) is 3.78. The minimum Gasteiger partial charge on any atom is -0.411 e. The van der Waals surface area contributed by atoms with Crippen LogP contribution in [0.5, 0.6) is 0 Å². The first kappa shape index (κ1) is 14.8. The number of benzene rings is 1. The maximum Gasteiger partial charge on any atom is 0.0868 e. The lowest BCUT2D eigenvalue weighted by Gasteiger charge is -2.28. The van der Waals surface area contributed by atoms with Crippen molar-refractivity contribution >= 4 is 5.71 Å². The second-order valence-corrected chi connectivity index (χ2v) is 5.40. The zero-order valence-corrected chi connectivity index (χ0v) is 12.2. The smallest absolute Gasteiger partial charge is 0.0868 e. The van der Waals surface area contributed by atoms with Crippen molar-refractivity contribution in [1.29, 1.82) is 0 Å². The molecule has 0 saturated carbocycles. The topological polar surface area (TPSA) is 35.8 Å². The lowest BCUT2D eigenvalue weighted by molar-refractivity contribution is 0.254. The van der Waals surface area contributed by atoms with E-state index in [-0.39, 0.29) is 0 Å². The monoisotopic (exact) mass is 272 g/mol. The normalized spacial score (nSPS) is 20.2. The molecule has 2 rings (SSSR count). The van der Waals surface area contributed by atoms with Gasteiger partial charge in [-0.15, -0.1) is 0 Å². The fraction of sp³-hybridized carbons (Fsp3) is 0.471. The Kier molecular flexibility index (Phi) is 5.81. The standard InChI is InChI=1S/C17H24N2O/c1-2-12-19-13-6-7-15(14-19)10-11-17(18-20)16-8-4-3-5-9-16/h3-9,15,20H,2,10-14H2,1H3. The molecule has 0 amide bonds. The number of rotatable bonds is 6. The van der Waals surface area contributed by atoms with E-state index in [0.29, 0.717) is 5.92 Å². The van der Waals surface area contributed by atoms with Gasteiger partial charge in [0, 0.05) is 13.1 Å². The fourth-order valence-electron chi connectivity index (χ4n) is 2.76. The summed E-state index contributed by atoms with van der Waals surface area (Å²) in [4.78, 5) is 2.49. The lowest BCUT2D eigenvalue weighted by Crippen LogP contribution is -2.33. The van der Waals surface area contributed by atoms with Crippen LogP contribution in [-0.4, -0.2) is 35.5 Å². The molecule has 1 aromatic rings. The highest BCUT2D eigenvalue weighted by atomic mass is 16.4. The summed E-state index contributed by atoms with van der Waals surface area (Å²) >= 11 is 0. The molecule has 0 aromatic heterocycles. The number of hydrogen-bond acceptors (Lipinski definition) is 3. The highest BCUT2D eigenvalue weighted by molar-refractivity contribution is 6.00. The number of oxime groups is 1. The van der Waals surface area contributed by atoms with Gasteiger partial charge in [-0.2, -0.15) is 0 Å². The summed E-state index contributed by atoms with van der Waals surface area (Å²) in [6, 6.07) is 9.92. The third-order valence-electron chi connectivity index (χ3n) is 3.78. The highest BCUT2D eigenvalue weighted by Gasteiger charge is 2.16. The minimum absolute atomic E-state index is 0.566. The molecule has 0 radical (unpaired) electrons. The molecule has 0 bridgehead atoms. The van der Waals surface area contributed by atoms with Crippen LogP contribution in [0, 0.1) is 5.92 Å². The molecule has 0 fully saturated rings. The largest absolute Gasteiger partial charge is 0.411 e. The van der Waals surface area contributed by atoms with Crippen LogP contribution in [0.2, 0.25) is 0 Å². The second-order valence-electron chi connectivity index (χ2n) is 5.40. The van der Waals surface area contributed by atoms with Crippen molar-refractivity contribution in [3.63, 3.8) is 0 Å². The molecule has 1 aliphatic rings. The molecule has 1 unspecified atom stereocenters. The highest BCUT2D eigenvalue weighted by Crippen LogP contribution is 2.17. The van der Waals surface area contributed by atoms with Gasteiger partial charge >= 0.3 is 0 Å². The second kappa shape index (κ2) is 7.85. The zero-order valence-electron chi connectivity index (χ0n) is 12.2. The predicted molar refractivity (Wildman–Crippen MR) is 83.4 cm³/mol. The maximum absolute atomic E-state index is 9.20. The van der Waals surface area contributed by atoms with Gasteiger partial charge in [-0.1, -0.05) is 54.6 Å². The quantitative estimate of drug-likeness (QED) is 0.372. The average Bonchev–Trinajstić information content (AvgIpc) is 2.50. The van der Waals surface area contributed by atoms with Gasteiger partial charge in [0.05, 0.1) is 5.71 Å². The van der Waals surface area contributed by atoms with Crippen molar-refractivity contribution in [2.24, 2.45) is 11.1 Å². The van der Waals surface area contributed by atoms with Crippen LogP contribution in [0.25, 0.3) is 0 Å². The van der Waals surface area contributed by atoms with Crippen molar-refractivity contribution in [2.75, 3.05) is 19.6 Å². The van der Waals surface area contributed by atoms with E-state index < -0.39 is 0 Å². The number of nitrogens with zero attached hydrogens (tertiary/aromatic N) is 2. The minimum atomic E-state index is 0.566. The van der Waals surface area contributed by atoms with E-state index in [1.54, 1.807) is 0 Å². The van der Waals surface area contributed by atoms with Gasteiger partial charge in [-0.25, -0.2) is 0 Å². The van der Waals surface area contributed by atoms with E-state index in [9.17, 15) is 5.21 Å². The van der Waals surface area contributed by atoms with E-state index in [2.05, 4.69) is 29.1 Å². The summed E-state index contributed by atoms with van der Waals surface area (Å²) in [7, 11) is 0. The van der Waals surface area contributed by atoms with E-state index in [1.165, 1.54) is 13.0 Å². The summed E-state index contributed by atoms with van der Waals surface area (Å²) in [6.45, 7) is 5.58. The van der Waals surface area contributed by atoms with Gasteiger partial charge in [0.25, 0.3) is 0 Å². The van der Waals surface area contributed by atoms with Gasteiger partial charge in [-0.3, -0.25) is 4.90 Å². The van der Waals surface area contributed by atoms with Gasteiger partial charge in [0.15, 0.2) is 0 Å². The van der Waals surface area contributed by atoms with Crippen LogP contribution in [0.4, 0.5) is 0 Å². The van der Waals surface area contributed by atoms with E-state index in [0.717, 1.165) is 37.2 Å². The van der Waals surface area contributed by atoms with Crippen LogP contribution in [0.3, 0.4) is 0 Å². The Morgan fingerprint density at radius 1 is 1.35 bits per heavy atom. The maximum atomic E-state index is 9.20. The van der Waals surface area contributed by atoms with Crippen LogP contribution in [-0.2, 0) is 0 Å². The molecule has 1 atom stereocenters. The van der Waals surface area contributed by atoms with E-state index in [4.69, 9.17) is 0 Å². The van der Waals surface area contributed by atoms with Crippen LogP contribution in [0.1, 0.15) is 31.7 Å². The van der Waals surface area contributed by atoms with Crippen molar-refractivity contribution in [3.8, 4) is 0 Å². The molecule has 20 heavy (non-hydrogen) atoms. The Hall–Kier alpha value is -1.61. The molecule has 1 aromatic carbocycles. The molecule has 1 aliphatic heterocycles. The van der Waals surface area contributed by atoms with E-state index >= 15 is 0 Å². The Labute approximate surface area is 121 Å². The molecule has 1 N–H and O–H groups in total. The molecule has 3 nitrogen and oxygen atoms in total. The molecule has 0 spiro atoms. The third kappa shape index (κ3) is 4.20. The van der Waals surface area contributed by atoms with Crippen molar-refractivity contribution in [2.45, 2.75) is 26.2 Å².